The lowest BCUT2D eigenvalue weighted by atomic mass is 10.2. The Hall–Kier alpha value is -2.07. The van der Waals surface area contributed by atoms with Crippen molar-refractivity contribution in [3.05, 3.63) is 40.0 Å². The van der Waals surface area contributed by atoms with Crippen LogP contribution in [-0.4, -0.2) is 24.0 Å². The Bertz CT molecular complexity index is 411. The molecule has 1 amide bonds. The molecule has 0 aliphatic rings. The van der Waals surface area contributed by atoms with Gasteiger partial charge in [-0.1, -0.05) is 5.11 Å². The number of nitrogens with zero attached hydrogens (tertiary/aromatic N) is 4. The lowest BCUT2D eigenvalue weighted by molar-refractivity contribution is 0.0953. The van der Waals surface area contributed by atoms with Crippen LogP contribution in [0.15, 0.2) is 23.6 Å². The van der Waals surface area contributed by atoms with E-state index >= 15 is 0 Å². The molecule has 1 rings (SSSR count). The second kappa shape index (κ2) is 6.42. The quantitative estimate of drug-likeness (QED) is 0.354. The molecule has 1 N–H and O–H groups in total. The summed E-state index contributed by atoms with van der Waals surface area (Å²) in [6, 6.07) is 1.77. The first-order valence-corrected chi connectivity index (χ1v) is 4.95. The second-order valence-corrected chi connectivity index (χ2v) is 3.31. The summed E-state index contributed by atoms with van der Waals surface area (Å²) >= 11 is 0. The maximum Gasteiger partial charge on any atom is 0.252 e. The molecule has 0 radical (unpaired) electrons. The van der Waals surface area contributed by atoms with E-state index in [2.05, 4.69) is 20.3 Å². The Balaban J connectivity index is 2.38. The molecule has 0 aliphatic heterocycles. The summed E-state index contributed by atoms with van der Waals surface area (Å²) in [7, 11) is 0. The van der Waals surface area contributed by atoms with Gasteiger partial charge in [-0.15, -0.1) is 0 Å². The summed E-state index contributed by atoms with van der Waals surface area (Å²) in [4.78, 5) is 18.1. The molecule has 84 valence electrons. The van der Waals surface area contributed by atoms with Crippen molar-refractivity contribution in [1.82, 2.24) is 10.3 Å². The number of amides is 1. The largest absolute Gasteiger partial charge is 0.352 e. The van der Waals surface area contributed by atoms with Crippen molar-refractivity contribution in [2.45, 2.75) is 13.3 Å². The van der Waals surface area contributed by atoms with Gasteiger partial charge in [0, 0.05) is 30.4 Å². The average Bonchev–Trinajstić information content (AvgIpc) is 2.28. The minimum absolute atomic E-state index is 0.155. The van der Waals surface area contributed by atoms with Gasteiger partial charge in [0.15, 0.2) is 0 Å². The van der Waals surface area contributed by atoms with Crippen molar-refractivity contribution < 1.29 is 4.79 Å². The summed E-state index contributed by atoms with van der Waals surface area (Å²) < 4.78 is 0. The molecule has 0 aromatic carbocycles. The number of pyridine rings is 1. The molecule has 1 aromatic rings. The molecule has 0 bridgehead atoms. The van der Waals surface area contributed by atoms with Crippen molar-refractivity contribution in [1.29, 1.82) is 0 Å². The highest BCUT2D eigenvalue weighted by atomic mass is 16.1. The topological polar surface area (TPSA) is 90.8 Å². The minimum Gasteiger partial charge on any atom is -0.352 e. The van der Waals surface area contributed by atoms with E-state index < -0.39 is 0 Å². The number of hydrogen-bond donors (Lipinski definition) is 1. The monoisotopic (exact) mass is 219 g/mol. The van der Waals surface area contributed by atoms with Gasteiger partial charge in [-0.25, -0.2) is 0 Å². The number of nitrogens with one attached hydrogen (secondary N) is 1. The molecular weight excluding hydrogens is 206 g/mol. The van der Waals surface area contributed by atoms with Crippen molar-refractivity contribution in [2.24, 2.45) is 5.11 Å². The zero-order valence-electron chi connectivity index (χ0n) is 9.05. The van der Waals surface area contributed by atoms with E-state index in [1.807, 2.05) is 6.92 Å². The van der Waals surface area contributed by atoms with Gasteiger partial charge < -0.3 is 5.32 Å². The molecule has 0 spiro atoms. The third-order valence-electron chi connectivity index (χ3n) is 1.92. The van der Waals surface area contributed by atoms with Gasteiger partial charge in [0.25, 0.3) is 5.91 Å². The first-order valence-electron chi connectivity index (χ1n) is 4.95. The maximum atomic E-state index is 11.6. The highest BCUT2D eigenvalue weighted by Gasteiger charge is 2.04. The molecule has 0 saturated carbocycles. The Morgan fingerprint density at radius 3 is 3.12 bits per heavy atom. The Morgan fingerprint density at radius 2 is 2.44 bits per heavy atom. The lowest BCUT2D eigenvalue weighted by Crippen LogP contribution is -2.25. The molecule has 1 aromatic heterocycles. The Kier molecular flexibility index (Phi) is 4.82. The zero-order chi connectivity index (χ0) is 11.8. The fourth-order valence-corrected chi connectivity index (χ4v) is 1.18. The summed E-state index contributed by atoms with van der Waals surface area (Å²) in [5.74, 6) is -0.155. The molecule has 0 saturated heterocycles. The van der Waals surface area contributed by atoms with Crippen LogP contribution < -0.4 is 5.32 Å². The highest BCUT2D eigenvalue weighted by Crippen LogP contribution is 2.00. The predicted octanol–water partition coefficient (Wildman–Crippen LogP) is 1.82. The van der Waals surface area contributed by atoms with E-state index in [-0.39, 0.29) is 5.91 Å². The third kappa shape index (κ3) is 3.98. The summed E-state index contributed by atoms with van der Waals surface area (Å²) in [6.45, 7) is 2.76. The van der Waals surface area contributed by atoms with E-state index in [9.17, 15) is 4.79 Å². The van der Waals surface area contributed by atoms with Crippen molar-refractivity contribution in [2.75, 3.05) is 13.1 Å². The van der Waals surface area contributed by atoms with Gasteiger partial charge in [-0.05, 0) is 30.5 Å². The van der Waals surface area contributed by atoms with E-state index in [0.29, 0.717) is 25.1 Å². The molecular formula is C10H13N5O. The number of aromatic nitrogens is 1. The summed E-state index contributed by atoms with van der Waals surface area (Å²) in [6.07, 6.45) is 3.85. The van der Waals surface area contributed by atoms with Crippen molar-refractivity contribution in [3.63, 3.8) is 0 Å². The van der Waals surface area contributed by atoms with Gasteiger partial charge in [0.2, 0.25) is 0 Å². The van der Waals surface area contributed by atoms with Crippen LogP contribution in [-0.2, 0) is 0 Å². The molecule has 16 heavy (non-hydrogen) atoms. The smallest absolute Gasteiger partial charge is 0.252 e. The van der Waals surface area contributed by atoms with Crippen molar-refractivity contribution in [3.8, 4) is 0 Å². The van der Waals surface area contributed by atoms with Gasteiger partial charge in [0.05, 0.1) is 5.56 Å². The minimum atomic E-state index is -0.155. The van der Waals surface area contributed by atoms with E-state index in [1.54, 1.807) is 12.3 Å². The molecule has 0 aliphatic carbocycles. The predicted molar refractivity (Wildman–Crippen MR) is 59.9 cm³/mol. The number of azide groups is 1. The first kappa shape index (κ1) is 12.0. The highest BCUT2D eigenvalue weighted by molar-refractivity contribution is 5.93. The van der Waals surface area contributed by atoms with Crippen LogP contribution in [0.1, 0.15) is 22.3 Å². The molecule has 6 heteroatoms. The number of carbonyl (C=O) groups is 1. The number of carbonyl (C=O) groups excluding carboxylic acids is 1. The summed E-state index contributed by atoms with van der Waals surface area (Å²) in [5.41, 5.74) is 9.54. The van der Waals surface area contributed by atoms with Crippen LogP contribution in [0.2, 0.25) is 0 Å². The van der Waals surface area contributed by atoms with Crippen LogP contribution in [0.25, 0.3) is 10.4 Å². The van der Waals surface area contributed by atoms with Crippen LogP contribution in [0, 0.1) is 6.92 Å². The number of rotatable bonds is 5. The molecule has 1 heterocycles. The second-order valence-electron chi connectivity index (χ2n) is 3.31. The Labute approximate surface area is 93.3 Å². The van der Waals surface area contributed by atoms with E-state index in [1.165, 1.54) is 6.20 Å². The molecule has 0 fully saturated rings. The first-order chi connectivity index (χ1) is 7.74. The molecule has 6 nitrogen and oxygen atoms in total. The van der Waals surface area contributed by atoms with Gasteiger partial charge in [-0.3, -0.25) is 9.78 Å². The van der Waals surface area contributed by atoms with Crippen LogP contribution in [0.5, 0.6) is 0 Å². The number of aryl methyl sites for hydroxylation is 1. The summed E-state index contributed by atoms with van der Waals surface area (Å²) in [5, 5.41) is 6.10. The fourth-order valence-electron chi connectivity index (χ4n) is 1.18. The van der Waals surface area contributed by atoms with Gasteiger partial charge in [0.1, 0.15) is 0 Å². The van der Waals surface area contributed by atoms with Crippen molar-refractivity contribution >= 4 is 5.91 Å². The third-order valence-corrected chi connectivity index (χ3v) is 1.92. The van der Waals surface area contributed by atoms with E-state index in [0.717, 1.165) is 5.56 Å². The van der Waals surface area contributed by atoms with Crippen LogP contribution in [0.3, 0.4) is 0 Å². The van der Waals surface area contributed by atoms with Crippen LogP contribution in [0.4, 0.5) is 0 Å². The Morgan fingerprint density at radius 1 is 1.62 bits per heavy atom. The SMILES string of the molecule is Cc1cncc(C(=O)NCCCN=[N+]=[N-])c1. The average molecular weight is 219 g/mol. The van der Waals surface area contributed by atoms with Gasteiger partial charge in [-0.2, -0.15) is 0 Å². The van der Waals surface area contributed by atoms with Gasteiger partial charge >= 0.3 is 0 Å². The molecule has 0 atom stereocenters. The van der Waals surface area contributed by atoms with E-state index in [4.69, 9.17) is 5.53 Å². The number of hydrogen-bond acceptors (Lipinski definition) is 3. The maximum absolute atomic E-state index is 11.6. The normalized spacial score (nSPS) is 9.31. The molecule has 0 unspecified atom stereocenters. The zero-order valence-corrected chi connectivity index (χ0v) is 9.05. The van der Waals surface area contributed by atoms with Crippen LogP contribution >= 0.6 is 0 Å². The lowest BCUT2D eigenvalue weighted by Gasteiger charge is -2.03. The standard InChI is InChI=1S/C10H13N5O/c1-8-5-9(7-12-6-8)10(16)13-3-2-4-14-15-11/h5-7H,2-4H2,1H3,(H,13,16). The fraction of sp³-hybridized carbons (Fsp3) is 0.400.